The first kappa shape index (κ1) is 22.4. The second-order valence-corrected chi connectivity index (χ2v) is 9.28. The maximum absolute atomic E-state index is 13.5. The Bertz CT molecular complexity index is 1170. The summed E-state index contributed by atoms with van der Waals surface area (Å²) in [6.45, 7) is 5.29. The van der Waals surface area contributed by atoms with Crippen LogP contribution in [-0.2, 0) is 14.8 Å². The van der Waals surface area contributed by atoms with E-state index in [0.29, 0.717) is 17.1 Å². The summed E-state index contributed by atoms with van der Waals surface area (Å²) in [6, 6.07) is 19.1. The van der Waals surface area contributed by atoms with Crippen molar-refractivity contribution in [2.45, 2.75) is 25.7 Å². The normalized spacial score (nSPS) is 11.1. The quantitative estimate of drug-likeness (QED) is 0.591. The molecule has 162 valence electrons. The van der Waals surface area contributed by atoms with Gasteiger partial charge in [-0.1, -0.05) is 41.5 Å². The molecule has 0 atom stereocenters. The Morgan fingerprint density at radius 1 is 0.871 bits per heavy atom. The first-order valence-corrected chi connectivity index (χ1v) is 11.3. The molecule has 6 nitrogen and oxygen atoms in total. The SMILES string of the molecule is COc1ccc(C)cc1N(CC(=O)Nc1ccc(C)cc1)S(=O)(=O)c1ccc(C)cc1. The fourth-order valence-electron chi connectivity index (χ4n) is 3.10. The second kappa shape index (κ2) is 9.22. The van der Waals surface area contributed by atoms with Crippen LogP contribution in [0.3, 0.4) is 0 Å². The van der Waals surface area contributed by atoms with Crippen molar-refractivity contribution in [1.29, 1.82) is 0 Å². The van der Waals surface area contributed by atoms with Gasteiger partial charge in [0.25, 0.3) is 10.0 Å². The average molecular weight is 439 g/mol. The number of rotatable bonds is 7. The van der Waals surface area contributed by atoms with E-state index >= 15 is 0 Å². The number of amides is 1. The number of ether oxygens (including phenoxy) is 1. The Morgan fingerprint density at radius 2 is 1.42 bits per heavy atom. The van der Waals surface area contributed by atoms with Crippen LogP contribution in [0.2, 0.25) is 0 Å². The Kier molecular flexibility index (Phi) is 6.65. The predicted octanol–water partition coefficient (Wildman–Crippen LogP) is 4.45. The topological polar surface area (TPSA) is 75.7 Å². The van der Waals surface area contributed by atoms with Gasteiger partial charge in [-0.25, -0.2) is 8.42 Å². The number of carbonyl (C=O) groups is 1. The highest BCUT2D eigenvalue weighted by atomic mass is 32.2. The van der Waals surface area contributed by atoms with Gasteiger partial charge >= 0.3 is 0 Å². The number of benzene rings is 3. The molecule has 0 aliphatic heterocycles. The lowest BCUT2D eigenvalue weighted by molar-refractivity contribution is -0.114. The molecule has 0 unspecified atom stereocenters. The van der Waals surface area contributed by atoms with Crippen molar-refractivity contribution in [3.8, 4) is 5.75 Å². The number of nitrogens with zero attached hydrogens (tertiary/aromatic N) is 1. The zero-order valence-corrected chi connectivity index (χ0v) is 18.9. The van der Waals surface area contributed by atoms with Gasteiger partial charge < -0.3 is 10.1 Å². The average Bonchev–Trinajstić information content (AvgIpc) is 2.74. The monoisotopic (exact) mass is 438 g/mol. The molecule has 0 bridgehead atoms. The van der Waals surface area contributed by atoms with Gasteiger partial charge in [0.2, 0.25) is 5.91 Å². The third-order valence-electron chi connectivity index (χ3n) is 4.83. The highest BCUT2D eigenvalue weighted by molar-refractivity contribution is 7.92. The van der Waals surface area contributed by atoms with Crippen LogP contribution in [0.5, 0.6) is 5.75 Å². The van der Waals surface area contributed by atoms with Crippen molar-refractivity contribution in [1.82, 2.24) is 0 Å². The Balaban J connectivity index is 2.02. The van der Waals surface area contributed by atoms with Crippen LogP contribution in [0.4, 0.5) is 11.4 Å². The molecule has 1 N–H and O–H groups in total. The minimum atomic E-state index is -4.02. The molecular formula is C24H26N2O4S. The molecule has 0 aliphatic rings. The van der Waals surface area contributed by atoms with Gasteiger partial charge in [-0.15, -0.1) is 0 Å². The Hall–Kier alpha value is -3.32. The molecule has 3 rings (SSSR count). The lowest BCUT2D eigenvalue weighted by Gasteiger charge is -2.26. The molecule has 0 heterocycles. The number of nitrogens with one attached hydrogen (secondary N) is 1. The highest BCUT2D eigenvalue weighted by Gasteiger charge is 2.29. The van der Waals surface area contributed by atoms with E-state index in [1.54, 1.807) is 36.4 Å². The minimum Gasteiger partial charge on any atom is -0.495 e. The summed E-state index contributed by atoms with van der Waals surface area (Å²) in [5, 5.41) is 2.77. The third kappa shape index (κ3) is 5.24. The van der Waals surface area contributed by atoms with Gasteiger partial charge in [0.05, 0.1) is 17.7 Å². The Morgan fingerprint density at radius 3 is 2.00 bits per heavy atom. The van der Waals surface area contributed by atoms with E-state index in [0.717, 1.165) is 21.0 Å². The van der Waals surface area contributed by atoms with Crippen LogP contribution in [0.15, 0.2) is 71.6 Å². The zero-order valence-electron chi connectivity index (χ0n) is 18.0. The molecule has 1 amide bonds. The van der Waals surface area contributed by atoms with Gasteiger partial charge in [0.15, 0.2) is 0 Å². The molecular weight excluding hydrogens is 412 g/mol. The van der Waals surface area contributed by atoms with E-state index in [-0.39, 0.29) is 4.90 Å². The molecule has 0 aromatic heterocycles. The number of sulfonamides is 1. The van der Waals surface area contributed by atoms with Gasteiger partial charge in [0.1, 0.15) is 12.3 Å². The van der Waals surface area contributed by atoms with E-state index in [9.17, 15) is 13.2 Å². The van der Waals surface area contributed by atoms with Gasteiger partial charge in [0, 0.05) is 5.69 Å². The summed E-state index contributed by atoms with van der Waals surface area (Å²) < 4.78 is 33.6. The highest BCUT2D eigenvalue weighted by Crippen LogP contribution is 2.33. The van der Waals surface area contributed by atoms with Crippen molar-refractivity contribution in [3.63, 3.8) is 0 Å². The van der Waals surface area contributed by atoms with Crippen LogP contribution in [0, 0.1) is 20.8 Å². The number of methoxy groups -OCH3 is 1. The maximum atomic E-state index is 13.5. The summed E-state index contributed by atoms with van der Waals surface area (Å²) in [4.78, 5) is 12.9. The zero-order chi connectivity index (χ0) is 22.6. The van der Waals surface area contributed by atoms with Crippen LogP contribution < -0.4 is 14.4 Å². The third-order valence-corrected chi connectivity index (χ3v) is 6.61. The van der Waals surface area contributed by atoms with Crippen molar-refractivity contribution in [3.05, 3.63) is 83.4 Å². The Labute approximate surface area is 183 Å². The fourth-order valence-corrected chi connectivity index (χ4v) is 4.52. The summed E-state index contributed by atoms with van der Waals surface area (Å²) in [5.41, 5.74) is 3.75. The molecule has 0 spiro atoms. The van der Waals surface area contributed by atoms with Crippen LogP contribution in [-0.4, -0.2) is 28.0 Å². The maximum Gasteiger partial charge on any atom is 0.264 e. The lowest BCUT2D eigenvalue weighted by atomic mass is 10.2. The minimum absolute atomic E-state index is 0.102. The molecule has 0 fully saturated rings. The molecule has 3 aromatic carbocycles. The molecule has 0 aliphatic carbocycles. The fraction of sp³-hybridized carbons (Fsp3) is 0.208. The summed E-state index contributed by atoms with van der Waals surface area (Å²) in [5.74, 6) is -0.0903. The number of hydrogen-bond acceptors (Lipinski definition) is 4. The molecule has 3 aromatic rings. The van der Waals surface area contributed by atoms with E-state index in [1.807, 2.05) is 39.0 Å². The van der Waals surface area contributed by atoms with E-state index in [2.05, 4.69) is 5.32 Å². The molecule has 0 radical (unpaired) electrons. The number of aryl methyl sites for hydroxylation is 3. The van der Waals surface area contributed by atoms with Crippen molar-refractivity contribution < 1.29 is 17.9 Å². The van der Waals surface area contributed by atoms with E-state index in [1.165, 1.54) is 19.2 Å². The van der Waals surface area contributed by atoms with Gasteiger partial charge in [-0.2, -0.15) is 0 Å². The van der Waals surface area contributed by atoms with Crippen LogP contribution in [0.1, 0.15) is 16.7 Å². The molecule has 31 heavy (non-hydrogen) atoms. The number of carbonyl (C=O) groups excluding carboxylic acids is 1. The lowest BCUT2D eigenvalue weighted by Crippen LogP contribution is -2.38. The number of anilines is 2. The largest absolute Gasteiger partial charge is 0.495 e. The van der Waals surface area contributed by atoms with E-state index < -0.39 is 22.5 Å². The molecule has 0 saturated carbocycles. The van der Waals surface area contributed by atoms with Crippen molar-refractivity contribution >= 4 is 27.3 Å². The van der Waals surface area contributed by atoms with Gasteiger partial charge in [-0.05, 0) is 62.7 Å². The first-order chi connectivity index (χ1) is 14.7. The van der Waals surface area contributed by atoms with Crippen molar-refractivity contribution in [2.24, 2.45) is 0 Å². The summed E-state index contributed by atoms with van der Waals surface area (Å²) >= 11 is 0. The standard InChI is InChI=1S/C24H26N2O4S/c1-17-5-10-20(11-6-17)25-24(27)16-26(22-15-19(3)9-14-23(22)30-4)31(28,29)21-12-7-18(2)8-13-21/h5-15H,16H2,1-4H3,(H,25,27). The molecule has 7 heteroatoms. The first-order valence-electron chi connectivity index (χ1n) is 9.81. The summed E-state index contributed by atoms with van der Waals surface area (Å²) in [6.07, 6.45) is 0. The smallest absolute Gasteiger partial charge is 0.264 e. The van der Waals surface area contributed by atoms with Crippen molar-refractivity contribution in [2.75, 3.05) is 23.3 Å². The summed E-state index contributed by atoms with van der Waals surface area (Å²) in [7, 11) is -2.55. The van der Waals surface area contributed by atoms with Crippen LogP contribution in [0.25, 0.3) is 0 Å². The second-order valence-electron chi connectivity index (χ2n) is 7.41. The van der Waals surface area contributed by atoms with Crippen LogP contribution >= 0.6 is 0 Å². The molecule has 0 saturated heterocycles. The number of hydrogen-bond donors (Lipinski definition) is 1. The van der Waals surface area contributed by atoms with E-state index in [4.69, 9.17) is 4.74 Å². The predicted molar refractivity (Wildman–Crippen MR) is 123 cm³/mol. The van der Waals surface area contributed by atoms with Gasteiger partial charge in [-0.3, -0.25) is 9.10 Å².